The molecule has 0 unspecified atom stereocenters. The number of nitrogens with zero attached hydrogens (tertiary/aromatic N) is 2. The normalized spacial score (nSPS) is 11.4. The molecule has 100 valence electrons. The molecule has 0 fully saturated rings. The maximum absolute atomic E-state index is 4.50. The average molecular weight is 255 g/mol. The summed E-state index contributed by atoms with van der Waals surface area (Å²) in [6, 6.07) is 10.5. The fraction of sp³-hybridized carbons (Fsp3) is 0.375. The summed E-state index contributed by atoms with van der Waals surface area (Å²) in [4.78, 5) is 8.82. The molecular weight excluding hydrogens is 234 g/mol. The molecule has 2 aromatic rings. The standard InChI is InChI=1S/C16H21N3/c1-12-13(2)19-15(10-17-12)18-11-16(3,4)14-8-6-5-7-9-14/h5-10H,11H2,1-4H3,(H,18,19). The van der Waals surface area contributed by atoms with Crippen LogP contribution < -0.4 is 5.32 Å². The minimum Gasteiger partial charge on any atom is -0.368 e. The number of rotatable bonds is 4. The molecule has 1 N–H and O–H groups in total. The Morgan fingerprint density at radius 1 is 1.05 bits per heavy atom. The van der Waals surface area contributed by atoms with E-state index >= 15 is 0 Å². The molecular formula is C16H21N3. The van der Waals surface area contributed by atoms with Crippen molar-refractivity contribution in [2.45, 2.75) is 33.1 Å². The fourth-order valence-corrected chi connectivity index (χ4v) is 1.93. The number of aromatic nitrogens is 2. The average Bonchev–Trinajstić information content (AvgIpc) is 2.41. The monoisotopic (exact) mass is 255 g/mol. The lowest BCUT2D eigenvalue weighted by atomic mass is 9.85. The first-order chi connectivity index (χ1) is 8.99. The van der Waals surface area contributed by atoms with Crippen LogP contribution in [0.2, 0.25) is 0 Å². The van der Waals surface area contributed by atoms with Crippen molar-refractivity contribution in [2.24, 2.45) is 0 Å². The Morgan fingerprint density at radius 2 is 1.74 bits per heavy atom. The first kappa shape index (κ1) is 13.5. The minimum atomic E-state index is 0.0573. The van der Waals surface area contributed by atoms with Gasteiger partial charge in [0.25, 0.3) is 0 Å². The molecule has 19 heavy (non-hydrogen) atoms. The van der Waals surface area contributed by atoms with Crippen LogP contribution in [-0.4, -0.2) is 16.5 Å². The number of nitrogens with one attached hydrogen (secondary N) is 1. The van der Waals surface area contributed by atoms with Crippen molar-refractivity contribution in [3.05, 3.63) is 53.5 Å². The molecule has 3 nitrogen and oxygen atoms in total. The second-order valence-electron chi connectivity index (χ2n) is 5.53. The van der Waals surface area contributed by atoms with Gasteiger partial charge in [-0.15, -0.1) is 0 Å². The number of anilines is 1. The largest absolute Gasteiger partial charge is 0.368 e. The molecule has 0 saturated carbocycles. The number of hydrogen-bond donors (Lipinski definition) is 1. The van der Waals surface area contributed by atoms with E-state index in [9.17, 15) is 0 Å². The second-order valence-corrected chi connectivity index (χ2v) is 5.53. The van der Waals surface area contributed by atoms with Crippen LogP contribution >= 0.6 is 0 Å². The molecule has 0 aliphatic rings. The van der Waals surface area contributed by atoms with Crippen molar-refractivity contribution in [2.75, 3.05) is 11.9 Å². The molecule has 1 heterocycles. The Balaban J connectivity index is 2.07. The van der Waals surface area contributed by atoms with Gasteiger partial charge in [-0.25, -0.2) is 4.98 Å². The SMILES string of the molecule is Cc1ncc(NCC(C)(C)c2ccccc2)nc1C. The van der Waals surface area contributed by atoms with Gasteiger partial charge in [0, 0.05) is 12.0 Å². The van der Waals surface area contributed by atoms with Crippen molar-refractivity contribution in [1.29, 1.82) is 0 Å². The first-order valence-corrected chi connectivity index (χ1v) is 6.59. The van der Waals surface area contributed by atoms with Crippen molar-refractivity contribution in [1.82, 2.24) is 9.97 Å². The van der Waals surface area contributed by atoms with E-state index < -0.39 is 0 Å². The number of aryl methyl sites for hydroxylation is 2. The summed E-state index contributed by atoms with van der Waals surface area (Å²) in [5.41, 5.74) is 3.33. The summed E-state index contributed by atoms with van der Waals surface area (Å²) in [7, 11) is 0. The predicted molar refractivity (Wildman–Crippen MR) is 79.5 cm³/mol. The highest BCUT2D eigenvalue weighted by atomic mass is 15.0. The highest BCUT2D eigenvalue weighted by Crippen LogP contribution is 2.23. The number of hydrogen-bond acceptors (Lipinski definition) is 3. The zero-order valence-electron chi connectivity index (χ0n) is 12.1. The molecule has 0 radical (unpaired) electrons. The van der Waals surface area contributed by atoms with Gasteiger partial charge in [0.05, 0.1) is 17.6 Å². The highest BCUT2D eigenvalue weighted by molar-refractivity contribution is 5.35. The molecule has 0 spiro atoms. The van der Waals surface area contributed by atoms with E-state index in [0.717, 1.165) is 23.8 Å². The van der Waals surface area contributed by atoms with Gasteiger partial charge in [0.2, 0.25) is 0 Å². The lowest BCUT2D eigenvalue weighted by molar-refractivity contribution is 0.556. The van der Waals surface area contributed by atoms with Crippen LogP contribution in [-0.2, 0) is 5.41 Å². The van der Waals surface area contributed by atoms with E-state index in [2.05, 4.69) is 53.4 Å². The van der Waals surface area contributed by atoms with Gasteiger partial charge in [0.15, 0.2) is 0 Å². The molecule has 1 aromatic heterocycles. The molecule has 0 bridgehead atoms. The Labute approximate surface area is 115 Å². The van der Waals surface area contributed by atoms with E-state index in [1.54, 1.807) is 6.20 Å². The summed E-state index contributed by atoms with van der Waals surface area (Å²) in [5, 5.41) is 3.38. The van der Waals surface area contributed by atoms with Crippen LogP contribution in [0.4, 0.5) is 5.82 Å². The van der Waals surface area contributed by atoms with Gasteiger partial charge in [-0.05, 0) is 19.4 Å². The molecule has 0 aliphatic carbocycles. The van der Waals surface area contributed by atoms with E-state index in [-0.39, 0.29) is 5.41 Å². The lowest BCUT2D eigenvalue weighted by Crippen LogP contribution is -2.28. The van der Waals surface area contributed by atoms with Gasteiger partial charge in [-0.2, -0.15) is 0 Å². The van der Waals surface area contributed by atoms with Crippen LogP contribution in [0.15, 0.2) is 36.5 Å². The Hall–Kier alpha value is -1.90. The van der Waals surface area contributed by atoms with E-state index in [1.165, 1.54) is 5.56 Å². The van der Waals surface area contributed by atoms with Crippen LogP contribution in [0.3, 0.4) is 0 Å². The van der Waals surface area contributed by atoms with Gasteiger partial charge in [-0.3, -0.25) is 4.98 Å². The van der Waals surface area contributed by atoms with Crippen molar-refractivity contribution in [3.63, 3.8) is 0 Å². The first-order valence-electron chi connectivity index (χ1n) is 6.59. The molecule has 0 aliphatic heterocycles. The second kappa shape index (κ2) is 5.39. The van der Waals surface area contributed by atoms with E-state index in [0.29, 0.717) is 0 Å². The van der Waals surface area contributed by atoms with Crippen LogP contribution in [0.1, 0.15) is 30.8 Å². The third kappa shape index (κ3) is 3.31. The maximum atomic E-state index is 4.50. The zero-order valence-corrected chi connectivity index (χ0v) is 12.1. The lowest BCUT2D eigenvalue weighted by Gasteiger charge is -2.26. The van der Waals surface area contributed by atoms with Crippen molar-refractivity contribution < 1.29 is 0 Å². The fourth-order valence-electron chi connectivity index (χ4n) is 1.93. The van der Waals surface area contributed by atoms with Crippen LogP contribution in [0.25, 0.3) is 0 Å². The maximum Gasteiger partial charge on any atom is 0.144 e. The molecule has 3 heteroatoms. The smallest absolute Gasteiger partial charge is 0.144 e. The molecule has 1 aromatic carbocycles. The van der Waals surface area contributed by atoms with Crippen molar-refractivity contribution in [3.8, 4) is 0 Å². The Bertz CT molecular complexity index is 547. The van der Waals surface area contributed by atoms with Gasteiger partial charge >= 0.3 is 0 Å². The molecule has 2 rings (SSSR count). The Morgan fingerprint density at radius 3 is 2.37 bits per heavy atom. The van der Waals surface area contributed by atoms with Crippen molar-refractivity contribution >= 4 is 5.82 Å². The van der Waals surface area contributed by atoms with E-state index in [1.807, 2.05) is 19.9 Å². The molecule has 0 saturated heterocycles. The van der Waals surface area contributed by atoms with Gasteiger partial charge < -0.3 is 5.32 Å². The summed E-state index contributed by atoms with van der Waals surface area (Å²) >= 11 is 0. The molecule has 0 atom stereocenters. The predicted octanol–water partition coefficient (Wildman–Crippen LogP) is 3.48. The Kier molecular flexibility index (Phi) is 3.84. The van der Waals surface area contributed by atoms with Gasteiger partial charge in [0.1, 0.15) is 5.82 Å². The third-order valence-electron chi connectivity index (χ3n) is 3.46. The quantitative estimate of drug-likeness (QED) is 0.909. The van der Waals surface area contributed by atoms with Gasteiger partial charge in [-0.1, -0.05) is 44.2 Å². The summed E-state index contributed by atoms with van der Waals surface area (Å²) in [6.45, 7) is 9.23. The summed E-state index contributed by atoms with van der Waals surface area (Å²) < 4.78 is 0. The topological polar surface area (TPSA) is 37.8 Å². The number of benzene rings is 1. The summed E-state index contributed by atoms with van der Waals surface area (Å²) in [6.07, 6.45) is 1.80. The minimum absolute atomic E-state index is 0.0573. The third-order valence-corrected chi connectivity index (χ3v) is 3.46. The van der Waals surface area contributed by atoms with E-state index in [4.69, 9.17) is 0 Å². The summed E-state index contributed by atoms with van der Waals surface area (Å²) in [5.74, 6) is 0.840. The van der Waals surface area contributed by atoms with Crippen LogP contribution in [0.5, 0.6) is 0 Å². The zero-order chi connectivity index (χ0) is 13.9. The highest BCUT2D eigenvalue weighted by Gasteiger charge is 2.20. The van der Waals surface area contributed by atoms with Crippen LogP contribution in [0, 0.1) is 13.8 Å². The molecule has 0 amide bonds.